The number of benzene rings is 2. The molecule has 2 N–H and O–H groups in total. The monoisotopic (exact) mass is 510 g/mol. The molecule has 0 atom stereocenters. The molecule has 2 amide bonds. The first-order valence-corrected chi connectivity index (χ1v) is 9.54. The summed E-state index contributed by atoms with van der Waals surface area (Å²) < 4.78 is 6.32. The molecule has 6 nitrogen and oxygen atoms in total. The van der Waals surface area contributed by atoms with Gasteiger partial charge >= 0.3 is 0 Å². The molecule has 0 radical (unpaired) electrons. The van der Waals surface area contributed by atoms with Gasteiger partial charge in [0.25, 0.3) is 11.8 Å². The third-order valence-corrected chi connectivity index (χ3v) is 5.19. The molecule has 0 aromatic heterocycles. The molecule has 0 unspecified atom stereocenters. The number of hydrogen-bond donors (Lipinski definition) is 2. The zero-order valence-corrected chi connectivity index (χ0v) is 17.8. The first kappa shape index (κ1) is 19.5. The van der Waals surface area contributed by atoms with Crippen molar-refractivity contribution in [3.8, 4) is 11.5 Å². The van der Waals surface area contributed by atoms with Crippen molar-refractivity contribution >= 4 is 72.8 Å². The molecule has 1 aliphatic rings. The van der Waals surface area contributed by atoms with E-state index in [0.29, 0.717) is 15.7 Å². The number of thiocarbonyl (C=S) groups is 1. The summed E-state index contributed by atoms with van der Waals surface area (Å²) in [5, 5.41) is 12.4. The van der Waals surface area contributed by atoms with Gasteiger partial charge in [-0.15, -0.1) is 0 Å². The Morgan fingerprint density at radius 2 is 1.85 bits per heavy atom. The Hall–Kier alpha value is -2.23. The number of ether oxygens (including phenoxy) is 1. The predicted molar refractivity (Wildman–Crippen MR) is 113 cm³/mol. The van der Waals surface area contributed by atoms with Crippen molar-refractivity contribution in [2.75, 3.05) is 12.0 Å². The van der Waals surface area contributed by atoms with Gasteiger partial charge in [0.2, 0.25) is 0 Å². The van der Waals surface area contributed by atoms with Crippen LogP contribution in [0.2, 0.25) is 0 Å². The van der Waals surface area contributed by atoms with Crippen molar-refractivity contribution in [1.82, 2.24) is 5.32 Å². The highest BCUT2D eigenvalue weighted by Gasteiger charge is 2.34. The number of anilines is 1. The largest absolute Gasteiger partial charge is 0.503 e. The van der Waals surface area contributed by atoms with E-state index >= 15 is 0 Å². The maximum atomic E-state index is 12.9. The van der Waals surface area contributed by atoms with Crippen LogP contribution in [-0.2, 0) is 9.59 Å². The Morgan fingerprint density at radius 3 is 2.48 bits per heavy atom. The number of hydrogen-bond acceptors (Lipinski definition) is 5. The van der Waals surface area contributed by atoms with Gasteiger partial charge in [-0.1, -0.05) is 15.9 Å². The van der Waals surface area contributed by atoms with Crippen LogP contribution in [0.15, 0.2) is 50.9 Å². The number of phenols is 1. The fraction of sp³-hybridized carbons (Fsp3) is 0.0556. The molecule has 9 heteroatoms. The minimum Gasteiger partial charge on any atom is -0.503 e. The lowest BCUT2D eigenvalue weighted by Crippen LogP contribution is -2.54. The fourth-order valence-corrected chi connectivity index (χ4v) is 3.49. The highest BCUT2D eigenvalue weighted by molar-refractivity contribution is 9.10. The molecule has 0 saturated carbocycles. The Bertz CT molecular complexity index is 990. The molecule has 1 aliphatic heterocycles. The summed E-state index contributed by atoms with van der Waals surface area (Å²) in [6.07, 6.45) is 1.41. The second-order valence-corrected chi connectivity index (χ2v) is 7.64. The molecule has 27 heavy (non-hydrogen) atoms. The number of nitrogens with zero attached hydrogens (tertiary/aromatic N) is 1. The van der Waals surface area contributed by atoms with Gasteiger partial charge in [0.15, 0.2) is 16.6 Å². The lowest BCUT2D eigenvalue weighted by molar-refractivity contribution is -0.122. The van der Waals surface area contributed by atoms with Crippen LogP contribution in [0.5, 0.6) is 11.5 Å². The summed E-state index contributed by atoms with van der Waals surface area (Å²) >= 11 is 11.7. The molecule has 0 spiro atoms. The number of carbonyl (C=O) groups excluding carboxylic acids is 2. The summed E-state index contributed by atoms with van der Waals surface area (Å²) in [6, 6.07) is 10.1. The van der Waals surface area contributed by atoms with Crippen molar-refractivity contribution in [2.24, 2.45) is 0 Å². The number of phenolic OH excluding ortho intramolecular Hbond substituents is 1. The topological polar surface area (TPSA) is 78.9 Å². The van der Waals surface area contributed by atoms with Gasteiger partial charge in [-0.25, -0.2) is 0 Å². The average Bonchev–Trinajstić information content (AvgIpc) is 2.62. The fourth-order valence-electron chi connectivity index (χ4n) is 2.48. The van der Waals surface area contributed by atoms with Crippen molar-refractivity contribution in [3.05, 3.63) is 56.5 Å². The maximum Gasteiger partial charge on any atom is 0.270 e. The summed E-state index contributed by atoms with van der Waals surface area (Å²) in [6.45, 7) is 0. The first-order chi connectivity index (χ1) is 12.8. The van der Waals surface area contributed by atoms with E-state index in [2.05, 4.69) is 37.2 Å². The number of amides is 2. The van der Waals surface area contributed by atoms with Gasteiger partial charge in [-0.3, -0.25) is 19.8 Å². The zero-order valence-electron chi connectivity index (χ0n) is 13.8. The van der Waals surface area contributed by atoms with Gasteiger partial charge in [-0.2, -0.15) is 0 Å². The molecule has 1 saturated heterocycles. The van der Waals surface area contributed by atoms with Gasteiger partial charge in [-0.05, 0) is 76.2 Å². The Morgan fingerprint density at radius 1 is 1.19 bits per heavy atom. The van der Waals surface area contributed by atoms with Gasteiger partial charge in [0.1, 0.15) is 5.57 Å². The number of rotatable bonds is 3. The van der Waals surface area contributed by atoms with Gasteiger partial charge < -0.3 is 9.84 Å². The van der Waals surface area contributed by atoms with Crippen LogP contribution >= 0.6 is 44.1 Å². The molecule has 0 aliphatic carbocycles. The van der Waals surface area contributed by atoms with E-state index in [1.54, 1.807) is 30.3 Å². The molecule has 1 heterocycles. The Kier molecular flexibility index (Phi) is 5.64. The van der Waals surface area contributed by atoms with Crippen LogP contribution in [0.4, 0.5) is 5.69 Å². The van der Waals surface area contributed by atoms with Crippen LogP contribution < -0.4 is 15.0 Å². The summed E-state index contributed by atoms with van der Waals surface area (Å²) in [5.74, 6) is -1.01. The van der Waals surface area contributed by atoms with Crippen molar-refractivity contribution < 1.29 is 19.4 Å². The van der Waals surface area contributed by atoms with E-state index in [-0.39, 0.29) is 22.2 Å². The second-order valence-electron chi connectivity index (χ2n) is 5.49. The normalized spacial score (nSPS) is 15.9. The molecule has 2 aromatic carbocycles. The van der Waals surface area contributed by atoms with Crippen molar-refractivity contribution in [3.63, 3.8) is 0 Å². The van der Waals surface area contributed by atoms with Crippen LogP contribution in [0.25, 0.3) is 6.08 Å². The molecule has 3 rings (SSSR count). The van der Waals surface area contributed by atoms with E-state index in [0.717, 1.165) is 4.47 Å². The van der Waals surface area contributed by atoms with Crippen LogP contribution in [0, 0.1) is 0 Å². The van der Waals surface area contributed by atoms with E-state index in [4.69, 9.17) is 17.0 Å². The number of nitrogens with one attached hydrogen (secondary N) is 1. The highest BCUT2D eigenvalue weighted by Crippen LogP contribution is 2.36. The molecular formula is C18H12Br2N2O4S. The molecular weight excluding hydrogens is 500 g/mol. The van der Waals surface area contributed by atoms with Crippen LogP contribution in [0.1, 0.15) is 5.56 Å². The lowest BCUT2D eigenvalue weighted by atomic mass is 10.1. The minimum atomic E-state index is -0.596. The van der Waals surface area contributed by atoms with Crippen LogP contribution in [0.3, 0.4) is 0 Å². The van der Waals surface area contributed by atoms with Crippen molar-refractivity contribution in [2.45, 2.75) is 0 Å². The SMILES string of the molecule is COc1cc(/C=C2/C(=O)NC(=S)N(c3ccc(Br)cc3)C2=O)cc(Br)c1O. The number of halogens is 2. The van der Waals surface area contributed by atoms with E-state index in [1.807, 2.05) is 0 Å². The maximum absolute atomic E-state index is 12.9. The lowest BCUT2D eigenvalue weighted by Gasteiger charge is -2.29. The third-order valence-electron chi connectivity index (χ3n) is 3.77. The highest BCUT2D eigenvalue weighted by atomic mass is 79.9. The minimum absolute atomic E-state index is 0.00828. The molecule has 1 fully saturated rings. The zero-order chi connectivity index (χ0) is 19.7. The molecule has 0 bridgehead atoms. The van der Waals surface area contributed by atoms with Crippen molar-refractivity contribution in [1.29, 1.82) is 0 Å². The van der Waals surface area contributed by atoms with E-state index in [1.165, 1.54) is 24.2 Å². The number of aromatic hydroxyl groups is 1. The molecule has 138 valence electrons. The van der Waals surface area contributed by atoms with Crippen LogP contribution in [-0.4, -0.2) is 29.1 Å². The first-order valence-electron chi connectivity index (χ1n) is 7.55. The smallest absolute Gasteiger partial charge is 0.270 e. The third kappa shape index (κ3) is 3.90. The quantitative estimate of drug-likeness (QED) is 0.372. The summed E-state index contributed by atoms with van der Waals surface area (Å²) in [4.78, 5) is 26.5. The Balaban J connectivity index is 2.04. The van der Waals surface area contributed by atoms with Gasteiger partial charge in [0, 0.05) is 4.47 Å². The van der Waals surface area contributed by atoms with E-state index < -0.39 is 11.8 Å². The number of methoxy groups -OCH3 is 1. The number of carbonyl (C=O) groups is 2. The average molecular weight is 512 g/mol. The standard InChI is InChI=1S/C18H12Br2N2O4S/c1-26-14-8-9(7-13(20)15(14)23)6-12-16(24)21-18(27)22(17(12)25)11-4-2-10(19)3-5-11/h2-8,23H,1H3,(H,21,24,27)/b12-6-. The molecule has 2 aromatic rings. The summed E-state index contributed by atoms with van der Waals surface area (Å²) in [7, 11) is 1.41. The predicted octanol–water partition coefficient (Wildman–Crippen LogP) is 3.76. The van der Waals surface area contributed by atoms with E-state index in [9.17, 15) is 14.7 Å². The second kappa shape index (κ2) is 7.79. The summed E-state index contributed by atoms with van der Waals surface area (Å²) in [5.41, 5.74) is 0.938. The Labute approximate surface area is 177 Å². The van der Waals surface area contributed by atoms with Gasteiger partial charge in [0.05, 0.1) is 17.3 Å².